The van der Waals surface area contributed by atoms with Crippen LogP contribution in [0, 0.1) is 0 Å². The fourth-order valence-electron chi connectivity index (χ4n) is 3.03. The summed E-state index contributed by atoms with van der Waals surface area (Å²) in [6.45, 7) is 0.575. The number of oxazole rings is 1. The van der Waals surface area contributed by atoms with Gasteiger partial charge in [0.1, 0.15) is 0 Å². The number of nitrogens with zero attached hydrogens (tertiary/aromatic N) is 1. The van der Waals surface area contributed by atoms with Gasteiger partial charge in [-0.25, -0.2) is 4.79 Å². The largest absolute Gasteiger partial charge is 0.459 e. The first-order chi connectivity index (χ1) is 14.6. The summed E-state index contributed by atoms with van der Waals surface area (Å²) in [5, 5.41) is 5.56. The van der Waals surface area contributed by atoms with Gasteiger partial charge in [0.2, 0.25) is 5.91 Å². The molecule has 0 saturated carbocycles. The molecule has 0 saturated heterocycles. The van der Waals surface area contributed by atoms with E-state index in [2.05, 4.69) is 10.6 Å². The third-order valence-electron chi connectivity index (χ3n) is 4.58. The van der Waals surface area contributed by atoms with Crippen molar-refractivity contribution in [2.75, 3.05) is 5.32 Å². The van der Waals surface area contributed by atoms with Crippen LogP contribution in [-0.4, -0.2) is 16.4 Å². The lowest BCUT2D eigenvalue weighted by molar-refractivity contribution is -0.121. The normalized spacial score (nSPS) is 10.8. The average Bonchev–Trinajstić information content (AvgIpc) is 3.39. The van der Waals surface area contributed by atoms with Crippen LogP contribution in [0.4, 0.5) is 5.69 Å². The van der Waals surface area contributed by atoms with E-state index in [0.29, 0.717) is 23.3 Å². The summed E-state index contributed by atoms with van der Waals surface area (Å²) in [7, 11) is 0. The molecule has 0 aliphatic rings. The minimum Gasteiger partial charge on any atom is -0.459 e. The maximum atomic E-state index is 12.2. The molecule has 0 unspecified atom stereocenters. The Morgan fingerprint density at radius 2 is 1.77 bits per heavy atom. The summed E-state index contributed by atoms with van der Waals surface area (Å²) in [5.41, 5.74) is 2.67. The molecule has 0 radical (unpaired) electrons. The van der Waals surface area contributed by atoms with Crippen molar-refractivity contribution in [2.45, 2.75) is 19.5 Å². The van der Waals surface area contributed by atoms with Crippen molar-refractivity contribution in [3.63, 3.8) is 0 Å². The number of nitrogens with one attached hydrogen (secondary N) is 2. The fraction of sp³-hybridized carbons (Fsp3) is 0.136. The highest BCUT2D eigenvalue weighted by atomic mass is 16.4. The van der Waals surface area contributed by atoms with Crippen molar-refractivity contribution in [1.29, 1.82) is 0 Å². The van der Waals surface area contributed by atoms with E-state index in [1.54, 1.807) is 42.5 Å². The van der Waals surface area contributed by atoms with Gasteiger partial charge in [-0.05, 0) is 42.0 Å². The molecule has 0 atom stereocenters. The van der Waals surface area contributed by atoms with Gasteiger partial charge in [0.15, 0.2) is 11.3 Å². The summed E-state index contributed by atoms with van der Waals surface area (Å²) in [4.78, 5) is 36.1. The Labute approximate surface area is 171 Å². The molecule has 0 aliphatic carbocycles. The van der Waals surface area contributed by atoms with Gasteiger partial charge in [-0.3, -0.25) is 14.2 Å². The Hall–Kier alpha value is -4.07. The minimum absolute atomic E-state index is 0.153. The molecule has 8 heteroatoms. The lowest BCUT2D eigenvalue weighted by Crippen LogP contribution is -2.25. The van der Waals surface area contributed by atoms with Crippen molar-refractivity contribution in [3.05, 3.63) is 88.8 Å². The number of carbonyl (C=O) groups is 2. The molecular formula is C22H19N3O5. The van der Waals surface area contributed by atoms with Gasteiger partial charge < -0.3 is 19.5 Å². The van der Waals surface area contributed by atoms with Crippen molar-refractivity contribution < 1.29 is 18.4 Å². The van der Waals surface area contributed by atoms with Crippen molar-refractivity contribution >= 4 is 28.6 Å². The van der Waals surface area contributed by atoms with E-state index < -0.39 is 5.76 Å². The highest BCUT2D eigenvalue weighted by molar-refractivity contribution is 6.02. The topological polar surface area (TPSA) is 106 Å². The molecule has 2 heterocycles. The Bertz CT molecular complexity index is 1220. The van der Waals surface area contributed by atoms with Crippen LogP contribution in [0.5, 0.6) is 0 Å². The number of amides is 2. The van der Waals surface area contributed by atoms with Gasteiger partial charge in [0, 0.05) is 25.2 Å². The highest BCUT2D eigenvalue weighted by Gasteiger charge is 2.11. The molecule has 0 fully saturated rings. The lowest BCUT2D eigenvalue weighted by Gasteiger charge is -2.08. The number of rotatable bonds is 7. The van der Waals surface area contributed by atoms with Crippen LogP contribution in [0.2, 0.25) is 0 Å². The quantitative estimate of drug-likeness (QED) is 0.491. The standard InChI is InChI=1S/C22H19N3O5/c26-20(11-12-25-17-4-1-2-5-18(17)30-22(25)28)23-14-15-7-9-16(10-8-15)24-21(27)19-6-3-13-29-19/h1-10,13H,11-12,14H2,(H,23,26)(H,24,27). The predicted molar refractivity (Wildman–Crippen MR) is 110 cm³/mol. The number of furan rings is 1. The second kappa shape index (κ2) is 8.52. The number of anilines is 1. The highest BCUT2D eigenvalue weighted by Crippen LogP contribution is 2.13. The molecular weight excluding hydrogens is 386 g/mol. The number of benzene rings is 2. The second-order valence-electron chi connectivity index (χ2n) is 6.64. The van der Waals surface area contributed by atoms with E-state index in [1.807, 2.05) is 18.2 Å². The molecule has 2 N–H and O–H groups in total. The summed E-state index contributed by atoms with van der Waals surface area (Å²) in [6.07, 6.45) is 1.59. The molecule has 2 aromatic heterocycles. The van der Waals surface area contributed by atoms with Crippen molar-refractivity contribution in [3.8, 4) is 0 Å². The first-order valence-corrected chi connectivity index (χ1v) is 9.39. The molecule has 2 amide bonds. The monoisotopic (exact) mass is 405 g/mol. The zero-order valence-electron chi connectivity index (χ0n) is 16.0. The molecule has 4 rings (SSSR count). The zero-order valence-corrected chi connectivity index (χ0v) is 16.0. The Kier molecular flexibility index (Phi) is 5.47. The fourth-order valence-corrected chi connectivity index (χ4v) is 3.03. The molecule has 0 bridgehead atoms. The maximum Gasteiger partial charge on any atom is 0.419 e. The SMILES string of the molecule is O=C(CCn1c(=O)oc2ccccc21)NCc1ccc(NC(=O)c2ccco2)cc1. The molecule has 8 nitrogen and oxygen atoms in total. The first-order valence-electron chi connectivity index (χ1n) is 9.39. The van der Waals surface area contributed by atoms with E-state index in [-0.39, 0.29) is 30.5 Å². The van der Waals surface area contributed by atoms with Crippen molar-refractivity contribution in [1.82, 2.24) is 9.88 Å². The summed E-state index contributed by atoms with van der Waals surface area (Å²) in [6, 6.07) is 17.5. The number of hydrogen-bond acceptors (Lipinski definition) is 5. The van der Waals surface area contributed by atoms with Gasteiger partial charge in [0.05, 0.1) is 11.8 Å². The van der Waals surface area contributed by atoms with E-state index in [0.717, 1.165) is 5.56 Å². The van der Waals surface area contributed by atoms with Crippen LogP contribution >= 0.6 is 0 Å². The van der Waals surface area contributed by atoms with Gasteiger partial charge >= 0.3 is 5.76 Å². The second-order valence-corrected chi connectivity index (χ2v) is 6.64. The minimum atomic E-state index is -0.476. The lowest BCUT2D eigenvalue weighted by atomic mass is 10.2. The summed E-state index contributed by atoms with van der Waals surface area (Å²) < 4.78 is 11.7. The van der Waals surface area contributed by atoms with Crippen LogP contribution in [-0.2, 0) is 17.9 Å². The number of carbonyl (C=O) groups excluding carboxylic acids is 2. The number of fused-ring (bicyclic) bond motifs is 1. The summed E-state index contributed by atoms with van der Waals surface area (Å²) in [5.74, 6) is -0.752. The number of hydrogen-bond donors (Lipinski definition) is 2. The van der Waals surface area contributed by atoms with Crippen molar-refractivity contribution in [2.24, 2.45) is 0 Å². The van der Waals surface area contributed by atoms with Crippen LogP contribution in [0.15, 0.2) is 80.6 Å². The third-order valence-corrected chi connectivity index (χ3v) is 4.58. The smallest absolute Gasteiger partial charge is 0.419 e. The number of para-hydroxylation sites is 2. The molecule has 0 aliphatic heterocycles. The first kappa shape index (κ1) is 19.3. The van der Waals surface area contributed by atoms with Gasteiger partial charge in [0.25, 0.3) is 5.91 Å². The van der Waals surface area contributed by atoms with Gasteiger partial charge in [-0.15, -0.1) is 0 Å². The van der Waals surface area contributed by atoms with Crippen LogP contribution in [0.25, 0.3) is 11.1 Å². The van der Waals surface area contributed by atoms with Gasteiger partial charge in [-0.2, -0.15) is 0 Å². The van der Waals surface area contributed by atoms with E-state index in [1.165, 1.54) is 10.8 Å². The molecule has 0 spiro atoms. The third kappa shape index (κ3) is 4.33. The zero-order chi connectivity index (χ0) is 20.9. The van der Waals surface area contributed by atoms with E-state index in [4.69, 9.17) is 8.83 Å². The van der Waals surface area contributed by atoms with E-state index in [9.17, 15) is 14.4 Å². The Morgan fingerprint density at radius 1 is 0.967 bits per heavy atom. The van der Waals surface area contributed by atoms with Gasteiger partial charge in [-0.1, -0.05) is 24.3 Å². The predicted octanol–water partition coefficient (Wildman–Crippen LogP) is 3.15. The Balaban J connectivity index is 1.28. The average molecular weight is 405 g/mol. The number of aryl methyl sites for hydroxylation is 1. The molecule has 4 aromatic rings. The Morgan fingerprint density at radius 3 is 2.53 bits per heavy atom. The van der Waals surface area contributed by atoms with Crippen LogP contribution < -0.4 is 16.4 Å². The maximum absolute atomic E-state index is 12.2. The molecule has 2 aromatic carbocycles. The van der Waals surface area contributed by atoms with E-state index >= 15 is 0 Å². The number of aromatic nitrogens is 1. The summed E-state index contributed by atoms with van der Waals surface area (Å²) >= 11 is 0. The van der Waals surface area contributed by atoms with Crippen LogP contribution in [0.1, 0.15) is 22.5 Å². The molecule has 152 valence electrons. The molecule has 30 heavy (non-hydrogen) atoms. The van der Waals surface area contributed by atoms with Crippen LogP contribution in [0.3, 0.4) is 0 Å².